The van der Waals surface area contributed by atoms with Crippen molar-refractivity contribution in [3.05, 3.63) is 94.5 Å². The number of benzene rings is 3. The minimum Gasteiger partial charge on any atom is -0.354 e. The van der Waals surface area contributed by atoms with Gasteiger partial charge in [0.05, 0.1) is 10.6 Å². The first kappa shape index (κ1) is 29.2. The molecule has 0 aliphatic heterocycles. The van der Waals surface area contributed by atoms with E-state index in [0.29, 0.717) is 11.6 Å². The number of anilines is 1. The van der Waals surface area contributed by atoms with Gasteiger partial charge in [0.25, 0.3) is 10.0 Å². The zero-order chi connectivity index (χ0) is 27.9. The van der Waals surface area contributed by atoms with E-state index in [1.807, 2.05) is 45.0 Å². The van der Waals surface area contributed by atoms with Gasteiger partial charge in [-0.3, -0.25) is 13.9 Å². The number of nitrogens with one attached hydrogen (secondary N) is 1. The zero-order valence-corrected chi connectivity index (χ0v) is 23.7. The van der Waals surface area contributed by atoms with Crippen molar-refractivity contribution in [3.63, 3.8) is 0 Å². The Labute approximate surface area is 230 Å². The largest absolute Gasteiger partial charge is 0.354 e. The minimum absolute atomic E-state index is 0.0451. The monoisotopic (exact) mass is 555 g/mol. The van der Waals surface area contributed by atoms with Gasteiger partial charge in [0.1, 0.15) is 12.6 Å². The summed E-state index contributed by atoms with van der Waals surface area (Å²) in [5.41, 5.74) is 2.87. The Morgan fingerprint density at radius 2 is 1.61 bits per heavy atom. The molecule has 0 unspecified atom stereocenters. The molecule has 0 bridgehead atoms. The van der Waals surface area contributed by atoms with Gasteiger partial charge in [0.15, 0.2) is 0 Å². The van der Waals surface area contributed by atoms with E-state index in [-0.39, 0.29) is 23.0 Å². The number of amides is 2. The molecule has 9 heteroatoms. The molecule has 3 aromatic rings. The van der Waals surface area contributed by atoms with Crippen LogP contribution in [0, 0.1) is 13.8 Å². The fraction of sp³-hybridized carbons (Fsp3) is 0.310. The van der Waals surface area contributed by atoms with Crippen LogP contribution in [0.2, 0.25) is 5.02 Å². The molecule has 0 spiro atoms. The normalized spacial score (nSPS) is 12.0. The molecule has 38 heavy (non-hydrogen) atoms. The Morgan fingerprint density at radius 1 is 0.947 bits per heavy atom. The van der Waals surface area contributed by atoms with Crippen molar-refractivity contribution in [2.24, 2.45) is 0 Å². The molecular formula is C29H34ClN3O4S. The lowest BCUT2D eigenvalue weighted by Gasteiger charge is -2.32. The second-order valence-electron chi connectivity index (χ2n) is 9.17. The number of hydrogen-bond acceptors (Lipinski definition) is 4. The first-order valence-electron chi connectivity index (χ1n) is 12.5. The predicted octanol–water partition coefficient (Wildman–Crippen LogP) is 5.10. The topological polar surface area (TPSA) is 86.8 Å². The van der Waals surface area contributed by atoms with Crippen molar-refractivity contribution < 1.29 is 18.0 Å². The fourth-order valence-corrected chi connectivity index (χ4v) is 5.54. The summed E-state index contributed by atoms with van der Waals surface area (Å²) < 4.78 is 28.6. The molecular weight excluding hydrogens is 522 g/mol. The van der Waals surface area contributed by atoms with E-state index in [1.54, 1.807) is 37.3 Å². The van der Waals surface area contributed by atoms with Crippen LogP contribution in [0.5, 0.6) is 0 Å². The number of sulfonamides is 1. The third kappa shape index (κ3) is 6.94. The highest BCUT2D eigenvalue weighted by molar-refractivity contribution is 7.92. The van der Waals surface area contributed by atoms with Gasteiger partial charge in [-0.2, -0.15) is 0 Å². The molecule has 0 saturated carbocycles. The first-order chi connectivity index (χ1) is 18.1. The lowest BCUT2D eigenvalue weighted by molar-refractivity contribution is -0.139. The van der Waals surface area contributed by atoms with Crippen LogP contribution in [0.4, 0.5) is 5.69 Å². The number of hydrogen-bond donors (Lipinski definition) is 1. The third-order valence-corrected chi connectivity index (χ3v) is 8.57. The summed E-state index contributed by atoms with van der Waals surface area (Å²) in [4.78, 5) is 28.3. The van der Waals surface area contributed by atoms with E-state index >= 15 is 0 Å². The lowest BCUT2D eigenvalue weighted by atomic mass is 10.1. The molecule has 0 aliphatic rings. The van der Waals surface area contributed by atoms with Gasteiger partial charge in [-0.15, -0.1) is 0 Å². The zero-order valence-electron chi connectivity index (χ0n) is 22.1. The first-order valence-corrected chi connectivity index (χ1v) is 14.3. The molecule has 3 rings (SSSR count). The summed E-state index contributed by atoms with van der Waals surface area (Å²) >= 11 is 6.35. The van der Waals surface area contributed by atoms with E-state index in [2.05, 4.69) is 5.32 Å². The Morgan fingerprint density at radius 3 is 2.24 bits per heavy atom. The van der Waals surface area contributed by atoms with Crippen molar-refractivity contribution >= 4 is 39.1 Å². The average molecular weight is 556 g/mol. The summed E-state index contributed by atoms with van der Waals surface area (Å²) in [6.45, 7) is 7.47. The molecule has 1 N–H and O–H groups in total. The highest BCUT2D eigenvalue weighted by Gasteiger charge is 2.32. The molecule has 0 aliphatic carbocycles. The van der Waals surface area contributed by atoms with E-state index < -0.39 is 28.5 Å². The summed E-state index contributed by atoms with van der Waals surface area (Å²) in [6, 6.07) is 19.6. The standard InChI is InChI=1S/C29H34ClN3O4S/c1-5-17-31-29(35)23(4)32(19-24-12-10-9-11-21(24)2)28(34)20-33(25-16-15-22(3)27(30)18-25)38(36,37)26-13-7-6-8-14-26/h6-16,18,23H,5,17,19-20H2,1-4H3,(H,31,35)/t23-/m0/s1. The van der Waals surface area contributed by atoms with Gasteiger partial charge in [-0.1, -0.05) is 67.1 Å². The molecule has 1 atom stereocenters. The molecule has 0 fully saturated rings. The summed E-state index contributed by atoms with van der Waals surface area (Å²) in [7, 11) is -4.13. The molecule has 3 aromatic carbocycles. The Hall–Kier alpha value is -3.36. The summed E-state index contributed by atoms with van der Waals surface area (Å²) in [5, 5.41) is 3.22. The third-order valence-electron chi connectivity index (χ3n) is 6.37. The van der Waals surface area contributed by atoms with Gasteiger partial charge in [0, 0.05) is 18.1 Å². The molecule has 0 aromatic heterocycles. The molecule has 202 valence electrons. The van der Waals surface area contributed by atoms with Crippen molar-refractivity contribution in [1.82, 2.24) is 10.2 Å². The number of carbonyl (C=O) groups is 2. The van der Waals surface area contributed by atoms with Gasteiger partial charge in [0.2, 0.25) is 11.8 Å². The number of aryl methyl sites for hydroxylation is 2. The molecule has 0 heterocycles. The highest BCUT2D eigenvalue weighted by atomic mass is 35.5. The van der Waals surface area contributed by atoms with Gasteiger partial charge < -0.3 is 10.2 Å². The van der Waals surface area contributed by atoms with Crippen LogP contribution in [-0.4, -0.2) is 44.3 Å². The van der Waals surface area contributed by atoms with E-state index in [0.717, 1.165) is 27.4 Å². The van der Waals surface area contributed by atoms with Crippen molar-refractivity contribution in [3.8, 4) is 0 Å². The maximum Gasteiger partial charge on any atom is 0.264 e. The van der Waals surface area contributed by atoms with Gasteiger partial charge >= 0.3 is 0 Å². The van der Waals surface area contributed by atoms with Crippen LogP contribution < -0.4 is 9.62 Å². The smallest absolute Gasteiger partial charge is 0.264 e. The van der Waals surface area contributed by atoms with Gasteiger partial charge in [-0.25, -0.2) is 8.42 Å². The Balaban J connectivity index is 2.04. The number of halogens is 1. The summed E-state index contributed by atoms with van der Waals surface area (Å²) in [5.74, 6) is -0.812. The van der Waals surface area contributed by atoms with Crippen LogP contribution in [0.3, 0.4) is 0 Å². The van der Waals surface area contributed by atoms with Gasteiger partial charge in [-0.05, 0) is 68.1 Å². The fourth-order valence-electron chi connectivity index (χ4n) is 3.93. The SMILES string of the molecule is CCCNC(=O)[C@H](C)N(Cc1ccccc1C)C(=O)CN(c1ccc(C)c(Cl)c1)S(=O)(=O)c1ccccc1. The van der Waals surface area contributed by atoms with E-state index in [4.69, 9.17) is 11.6 Å². The molecule has 2 amide bonds. The predicted molar refractivity (Wildman–Crippen MR) is 152 cm³/mol. The molecule has 7 nitrogen and oxygen atoms in total. The molecule has 0 radical (unpaired) electrons. The molecule has 0 saturated heterocycles. The van der Waals surface area contributed by atoms with Crippen LogP contribution in [0.1, 0.15) is 37.0 Å². The van der Waals surface area contributed by atoms with Crippen LogP contribution in [0.25, 0.3) is 0 Å². The van der Waals surface area contributed by atoms with E-state index in [9.17, 15) is 18.0 Å². The van der Waals surface area contributed by atoms with Crippen molar-refractivity contribution in [2.45, 2.75) is 51.6 Å². The van der Waals surface area contributed by atoms with Crippen LogP contribution in [-0.2, 0) is 26.2 Å². The quantitative estimate of drug-likeness (QED) is 0.357. The van der Waals surface area contributed by atoms with Crippen LogP contribution in [0.15, 0.2) is 77.7 Å². The second-order valence-corrected chi connectivity index (χ2v) is 11.4. The lowest BCUT2D eigenvalue weighted by Crippen LogP contribution is -2.51. The Kier molecular flexibility index (Phi) is 9.94. The summed E-state index contributed by atoms with van der Waals surface area (Å²) in [6.07, 6.45) is 0.751. The highest BCUT2D eigenvalue weighted by Crippen LogP contribution is 2.28. The number of carbonyl (C=O) groups excluding carboxylic acids is 2. The number of nitrogens with zero attached hydrogens (tertiary/aromatic N) is 2. The second kappa shape index (κ2) is 12.9. The number of rotatable bonds is 11. The maximum atomic E-state index is 13.9. The van der Waals surface area contributed by atoms with E-state index in [1.165, 1.54) is 23.1 Å². The minimum atomic E-state index is -4.13. The van der Waals surface area contributed by atoms with Crippen molar-refractivity contribution in [1.29, 1.82) is 0 Å². The van der Waals surface area contributed by atoms with Crippen molar-refractivity contribution in [2.75, 3.05) is 17.4 Å². The van der Waals surface area contributed by atoms with Crippen LogP contribution >= 0.6 is 11.6 Å². The average Bonchev–Trinajstić information content (AvgIpc) is 2.91. The maximum absolute atomic E-state index is 13.9. The Bertz CT molecular complexity index is 1380.